The number of aromatic nitrogens is 2. The summed E-state index contributed by atoms with van der Waals surface area (Å²) in [6, 6.07) is 8.01. The Balaban J connectivity index is 1.53. The molecular formula is C22H29ClN4O2S. The number of rotatable bonds is 6. The molecule has 1 aromatic carbocycles. The highest BCUT2D eigenvalue weighted by molar-refractivity contribution is 7.91. The minimum absolute atomic E-state index is 0.00486. The van der Waals surface area contributed by atoms with Gasteiger partial charge in [0.05, 0.1) is 12.6 Å². The van der Waals surface area contributed by atoms with Crippen LogP contribution in [0.15, 0.2) is 29.2 Å². The number of benzene rings is 1. The Morgan fingerprint density at radius 2 is 1.93 bits per heavy atom. The molecule has 2 aliphatic heterocycles. The van der Waals surface area contributed by atoms with Crippen molar-refractivity contribution in [3.63, 3.8) is 0 Å². The van der Waals surface area contributed by atoms with Crippen LogP contribution in [0.3, 0.4) is 0 Å². The molecular weight excluding hydrogens is 420 g/mol. The van der Waals surface area contributed by atoms with E-state index in [9.17, 15) is 9.66 Å². The number of piperidine rings is 1. The summed E-state index contributed by atoms with van der Waals surface area (Å²) in [4.78, 5) is 12.5. The fourth-order valence-electron chi connectivity index (χ4n) is 4.17. The maximum Gasteiger partial charge on any atom is 0.227 e. The monoisotopic (exact) mass is 448 g/mol. The van der Waals surface area contributed by atoms with E-state index < -0.39 is 11.2 Å². The Hall–Kier alpha value is -1.54. The first-order valence-corrected chi connectivity index (χ1v) is 12.3. The molecule has 1 saturated heterocycles. The summed E-state index contributed by atoms with van der Waals surface area (Å²) in [6.07, 6.45) is 2.77. The average molecular weight is 449 g/mol. The number of aryl methyl sites for hydroxylation is 1. The van der Waals surface area contributed by atoms with E-state index >= 15 is 0 Å². The van der Waals surface area contributed by atoms with E-state index in [-0.39, 0.29) is 18.6 Å². The lowest BCUT2D eigenvalue weighted by atomic mass is 9.89. The summed E-state index contributed by atoms with van der Waals surface area (Å²) in [5.41, 5.74) is 2.20. The Bertz CT molecular complexity index is 872. The normalized spacial score (nSPS) is 20.5. The van der Waals surface area contributed by atoms with Gasteiger partial charge in [-0.2, -0.15) is 4.98 Å². The van der Waals surface area contributed by atoms with Crippen LogP contribution in [0.2, 0.25) is 5.02 Å². The maximum atomic E-state index is 12.5. The highest BCUT2D eigenvalue weighted by atomic mass is 35.5. The topological polar surface area (TPSA) is 84.3 Å². The molecule has 2 N–H and O–H groups in total. The standard InChI is InChI=1S/C22H29ClN4O2S/c1-14(2)19(13-28)24-21-20-18(9-12-30(20)29)25-22(26-21)27-10-7-16(8-11-27)15-3-5-17(23)6-4-15/h3-6,14,16,19,28H,7-13H2,1-2H3,(H,24,25,26)/t19-,30?/m0/s1. The van der Waals surface area contributed by atoms with Gasteiger partial charge in [-0.1, -0.05) is 37.6 Å². The van der Waals surface area contributed by atoms with Crippen molar-refractivity contribution in [1.82, 2.24) is 9.97 Å². The summed E-state index contributed by atoms with van der Waals surface area (Å²) in [7, 11) is 0. The lowest BCUT2D eigenvalue weighted by molar-refractivity contribution is 0.248. The third-order valence-corrected chi connectivity index (χ3v) is 7.83. The minimum atomic E-state index is -1.09. The van der Waals surface area contributed by atoms with Gasteiger partial charge in [-0.05, 0) is 53.5 Å². The van der Waals surface area contributed by atoms with E-state index in [1.54, 1.807) is 0 Å². The zero-order valence-corrected chi connectivity index (χ0v) is 19.0. The number of aliphatic hydroxyl groups excluding tert-OH is 1. The molecule has 0 amide bonds. The molecule has 0 aliphatic carbocycles. The van der Waals surface area contributed by atoms with Gasteiger partial charge < -0.3 is 19.9 Å². The van der Waals surface area contributed by atoms with Crippen LogP contribution < -0.4 is 10.2 Å². The van der Waals surface area contributed by atoms with Crippen molar-refractivity contribution in [2.24, 2.45) is 5.92 Å². The van der Waals surface area contributed by atoms with Crippen LogP contribution in [-0.4, -0.2) is 51.1 Å². The highest BCUT2D eigenvalue weighted by Gasteiger charge is 2.34. The van der Waals surface area contributed by atoms with E-state index in [1.165, 1.54) is 5.56 Å². The quantitative estimate of drug-likeness (QED) is 0.657. The van der Waals surface area contributed by atoms with Gasteiger partial charge in [0.1, 0.15) is 11.4 Å². The smallest absolute Gasteiger partial charge is 0.227 e. The molecule has 162 valence electrons. The van der Waals surface area contributed by atoms with Gasteiger partial charge in [0.25, 0.3) is 0 Å². The first-order valence-electron chi connectivity index (χ1n) is 10.6. The van der Waals surface area contributed by atoms with Crippen LogP contribution in [-0.2, 0) is 17.6 Å². The SMILES string of the molecule is CC(C)[C@H](CO)Nc1nc(N2CCC(c3ccc(Cl)cc3)CC2)nc2c1[S+]([O-])CC2. The molecule has 30 heavy (non-hydrogen) atoms. The molecule has 2 aromatic rings. The average Bonchev–Trinajstić information content (AvgIpc) is 3.13. The van der Waals surface area contributed by atoms with Crippen molar-refractivity contribution in [3.05, 3.63) is 40.5 Å². The molecule has 1 unspecified atom stereocenters. The maximum absolute atomic E-state index is 12.5. The van der Waals surface area contributed by atoms with Crippen LogP contribution >= 0.6 is 11.6 Å². The second-order valence-electron chi connectivity index (χ2n) is 8.44. The van der Waals surface area contributed by atoms with Crippen molar-refractivity contribution in [1.29, 1.82) is 0 Å². The summed E-state index contributed by atoms with van der Waals surface area (Å²) < 4.78 is 12.5. The Kier molecular flexibility index (Phi) is 6.72. The Morgan fingerprint density at radius 1 is 1.23 bits per heavy atom. The van der Waals surface area contributed by atoms with E-state index in [4.69, 9.17) is 21.6 Å². The molecule has 0 radical (unpaired) electrons. The molecule has 4 rings (SSSR count). The van der Waals surface area contributed by atoms with Crippen LogP contribution in [0, 0.1) is 5.92 Å². The molecule has 1 aromatic heterocycles. The number of hydrogen-bond acceptors (Lipinski definition) is 6. The second kappa shape index (κ2) is 9.30. The van der Waals surface area contributed by atoms with Crippen LogP contribution in [0.5, 0.6) is 0 Å². The molecule has 0 spiro atoms. The number of aliphatic hydroxyl groups is 1. The summed E-state index contributed by atoms with van der Waals surface area (Å²) in [6.45, 7) is 5.86. The number of fused-ring (bicyclic) bond motifs is 1. The first kappa shape index (κ1) is 21.7. The van der Waals surface area contributed by atoms with Gasteiger partial charge in [0, 0.05) is 24.5 Å². The molecule has 2 atom stereocenters. The first-order chi connectivity index (χ1) is 14.5. The van der Waals surface area contributed by atoms with Gasteiger partial charge in [-0.25, -0.2) is 4.98 Å². The summed E-state index contributed by atoms with van der Waals surface area (Å²) >= 11 is 4.94. The van der Waals surface area contributed by atoms with Crippen molar-refractivity contribution in [2.75, 3.05) is 35.7 Å². The molecule has 8 heteroatoms. The van der Waals surface area contributed by atoms with Gasteiger partial charge in [-0.3, -0.25) is 0 Å². The fourth-order valence-corrected chi connectivity index (χ4v) is 5.61. The minimum Gasteiger partial charge on any atom is -0.611 e. The molecule has 1 fully saturated rings. The zero-order valence-electron chi connectivity index (χ0n) is 17.5. The predicted octanol–water partition coefficient (Wildman–Crippen LogP) is 3.61. The van der Waals surface area contributed by atoms with E-state index in [1.807, 2.05) is 12.1 Å². The lowest BCUT2D eigenvalue weighted by Crippen LogP contribution is -2.35. The number of halogens is 1. The lowest BCUT2D eigenvalue weighted by Gasteiger charge is -2.33. The van der Waals surface area contributed by atoms with Crippen molar-refractivity contribution in [3.8, 4) is 0 Å². The largest absolute Gasteiger partial charge is 0.611 e. The number of anilines is 2. The highest BCUT2D eigenvalue weighted by Crippen LogP contribution is 2.35. The Morgan fingerprint density at radius 3 is 2.57 bits per heavy atom. The second-order valence-corrected chi connectivity index (χ2v) is 10.4. The van der Waals surface area contributed by atoms with E-state index in [0.717, 1.165) is 36.6 Å². The van der Waals surface area contributed by atoms with Crippen molar-refractivity contribution in [2.45, 2.75) is 50.0 Å². The fraction of sp³-hybridized carbons (Fsp3) is 0.545. The van der Waals surface area contributed by atoms with Gasteiger partial charge in [0.15, 0.2) is 5.82 Å². The third-order valence-electron chi connectivity index (χ3n) is 6.12. The van der Waals surface area contributed by atoms with Crippen molar-refractivity contribution < 1.29 is 9.66 Å². The number of nitrogens with zero attached hydrogens (tertiary/aromatic N) is 3. The van der Waals surface area contributed by atoms with Crippen LogP contribution in [0.4, 0.5) is 11.8 Å². The van der Waals surface area contributed by atoms with E-state index in [2.05, 4.69) is 36.2 Å². The summed E-state index contributed by atoms with van der Waals surface area (Å²) in [5, 5.41) is 13.9. The summed E-state index contributed by atoms with van der Waals surface area (Å²) in [5.74, 6) is 2.65. The predicted molar refractivity (Wildman–Crippen MR) is 122 cm³/mol. The molecule has 0 bridgehead atoms. The van der Waals surface area contributed by atoms with Gasteiger partial charge in [-0.15, -0.1) is 0 Å². The third kappa shape index (κ3) is 4.54. The molecule has 2 aliphatic rings. The van der Waals surface area contributed by atoms with Gasteiger partial charge in [0.2, 0.25) is 10.8 Å². The Labute approximate surface area is 186 Å². The zero-order chi connectivity index (χ0) is 21.3. The number of hydrogen-bond donors (Lipinski definition) is 2. The van der Waals surface area contributed by atoms with Crippen LogP contribution in [0.1, 0.15) is 43.9 Å². The van der Waals surface area contributed by atoms with Crippen molar-refractivity contribution >= 4 is 34.5 Å². The van der Waals surface area contributed by atoms with E-state index in [0.29, 0.717) is 34.8 Å². The molecule has 3 heterocycles. The van der Waals surface area contributed by atoms with Crippen LogP contribution in [0.25, 0.3) is 0 Å². The van der Waals surface area contributed by atoms with Gasteiger partial charge >= 0.3 is 0 Å². The number of nitrogens with one attached hydrogen (secondary N) is 1. The molecule has 0 saturated carbocycles. The molecule has 6 nitrogen and oxygen atoms in total.